The van der Waals surface area contributed by atoms with Crippen molar-refractivity contribution in [2.45, 2.75) is 40.7 Å². The lowest BCUT2D eigenvalue weighted by atomic mass is 10.2. The molecular formula is C13H30N2O. The molecule has 0 heterocycles. The molecule has 0 amide bonds. The van der Waals surface area contributed by atoms with E-state index in [1.54, 1.807) is 0 Å². The van der Waals surface area contributed by atoms with Crippen LogP contribution in [-0.2, 0) is 4.74 Å². The number of hydrogen-bond donors (Lipinski definition) is 1. The Morgan fingerprint density at radius 3 is 2.31 bits per heavy atom. The van der Waals surface area contributed by atoms with Crippen molar-refractivity contribution in [3.8, 4) is 0 Å². The molecule has 0 aliphatic carbocycles. The van der Waals surface area contributed by atoms with Gasteiger partial charge in [0, 0.05) is 32.3 Å². The average Bonchev–Trinajstić information content (AvgIpc) is 2.20. The summed E-state index contributed by atoms with van der Waals surface area (Å²) in [5, 5.41) is 3.44. The maximum atomic E-state index is 5.59. The molecule has 0 unspecified atom stereocenters. The van der Waals surface area contributed by atoms with Gasteiger partial charge in [0.05, 0.1) is 6.61 Å². The van der Waals surface area contributed by atoms with Crippen molar-refractivity contribution in [2.75, 3.05) is 39.4 Å². The second-order valence-electron chi connectivity index (χ2n) is 5.01. The zero-order valence-electron chi connectivity index (χ0n) is 11.8. The third-order valence-corrected chi connectivity index (χ3v) is 2.43. The molecule has 0 fully saturated rings. The summed E-state index contributed by atoms with van der Waals surface area (Å²) in [6, 6.07) is 0.580. The SMILES string of the molecule is CCN(CCNC(C)C)CCOCC(C)C. The molecule has 3 heteroatoms. The van der Waals surface area contributed by atoms with E-state index >= 15 is 0 Å². The summed E-state index contributed by atoms with van der Waals surface area (Å²) in [6.45, 7) is 17.0. The number of ether oxygens (including phenoxy) is 1. The second kappa shape index (κ2) is 10.1. The minimum atomic E-state index is 0.580. The van der Waals surface area contributed by atoms with Crippen LogP contribution >= 0.6 is 0 Å². The fraction of sp³-hybridized carbons (Fsp3) is 1.00. The molecule has 0 aromatic heterocycles. The highest BCUT2D eigenvalue weighted by Gasteiger charge is 2.02. The maximum Gasteiger partial charge on any atom is 0.0593 e. The lowest BCUT2D eigenvalue weighted by Crippen LogP contribution is -2.36. The van der Waals surface area contributed by atoms with E-state index in [1.165, 1.54) is 0 Å². The van der Waals surface area contributed by atoms with Crippen molar-refractivity contribution in [3.63, 3.8) is 0 Å². The molecule has 98 valence electrons. The van der Waals surface area contributed by atoms with E-state index in [2.05, 4.69) is 44.8 Å². The van der Waals surface area contributed by atoms with E-state index in [0.717, 1.165) is 39.4 Å². The lowest BCUT2D eigenvalue weighted by molar-refractivity contribution is 0.0868. The number of likely N-dealkylation sites (N-methyl/N-ethyl adjacent to an activating group) is 1. The van der Waals surface area contributed by atoms with Gasteiger partial charge in [-0.05, 0) is 12.5 Å². The Morgan fingerprint density at radius 2 is 1.81 bits per heavy atom. The monoisotopic (exact) mass is 230 g/mol. The molecule has 0 saturated heterocycles. The molecule has 0 atom stereocenters. The second-order valence-corrected chi connectivity index (χ2v) is 5.01. The summed E-state index contributed by atoms with van der Waals surface area (Å²) < 4.78 is 5.59. The van der Waals surface area contributed by atoms with Crippen LogP contribution in [0.5, 0.6) is 0 Å². The quantitative estimate of drug-likeness (QED) is 0.581. The Kier molecular flexibility index (Phi) is 9.99. The molecule has 0 spiro atoms. The van der Waals surface area contributed by atoms with Crippen molar-refractivity contribution < 1.29 is 4.74 Å². The summed E-state index contributed by atoms with van der Waals surface area (Å²) in [7, 11) is 0. The van der Waals surface area contributed by atoms with Crippen LogP contribution in [-0.4, -0.2) is 50.3 Å². The van der Waals surface area contributed by atoms with E-state index in [4.69, 9.17) is 4.74 Å². The van der Waals surface area contributed by atoms with Crippen molar-refractivity contribution in [1.82, 2.24) is 10.2 Å². The molecule has 0 bridgehead atoms. The predicted octanol–water partition coefficient (Wildman–Crippen LogP) is 1.98. The summed E-state index contributed by atoms with van der Waals surface area (Å²) in [4.78, 5) is 2.43. The van der Waals surface area contributed by atoms with E-state index < -0.39 is 0 Å². The predicted molar refractivity (Wildman–Crippen MR) is 70.9 cm³/mol. The zero-order valence-corrected chi connectivity index (χ0v) is 11.8. The van der Waals surface area contributed by atoms with Crippen LogP contribution in [0.25, 0.3) is 0 Å². The van der Waals surface area contributed by atoms with Crippen LogP contribution in [0.3, 0.4) is 0 Å². The number of nitrogens with one attached hydrogen (secondary N) is 1. The van der Waals surface area contributed by atoms with Gasteiger partial charge in [-0.15, -0.1) is 0 Å². The van der Waals surface area contributed by atoms with E-state index in [1.807, 2.05) is 0 Å². The number of nitrogens with zero attached hydrogens (tertiary/aromatic N) is 1. The maximum absolute atomic E-state index is 5.59. The van der Waals surface area contributed by atoms with Gasteiger partial charge in [-0.25, -0.2) is 0 Å². The van der Waals surface area contributed by atoms with Crippen molar-refractivity contribution in [2.24, 2.45) is 5.92 Å². The van der Waals surface area contributed by atoms with E-state index in [0.29, 0.717) is 12.0 Å². The van der Waals surface area contributed by atoms with Crippen molar-refractivity contribution in [3.05, 3.63) is 0 Å². The van der Waals surface area contributed by atoms with Crippen LogP contribution in [0.4, 0.5) is 0 Å². The highest BCUT2D eigenvalue weighted by Crippen LogP contribution is 1.93. The minimum absolute atomic E-state index is 0.580. The minimum Gasteiger partial charge on any atom is -0.380 e. The van der Waals surface area contributed by atoms with Gasteiger partial charge in [0.1, 0.15) is 0 Å². The smallest absolute Gasteiger partial charge is 0.0593 e. The normalized spacial score (nSPS) is 12.0. The number of rotatable bonds is 10. The summed E-state index contributed by atoms with van der Waals surface area (Å²) in [5.41, 5.74) is 0. The highest BCUT2D eigenvalue weighted by molar-refractivity contribution is 4.59. The molecule has 0 saturated carbocycles. The van der Waals surface area contributed by atoms with Crippen molar-refractivity contribution in [1.29, 1.82) is 0 Å². The van der Waals surface area contributed by atoms with Crippen LogP contribution in [0.15, 0.2) is 0 Å². The third kappa shape index (κ3) is 10.4. The summed E-state index contributed by atoms with van der Waals surface area (Å²) in [6.07, 6.45) is 0. The van der Waals surface area contributed by atoms with Gasteiger partial charge in [-0.2, -0.15) is 0 Å². The fourth-order valence-electron chi connectivity index (χ4n) is 1.45. The molecule has 0 aliphatic heterocycles. The standard InChI is InChI=1S/C13H30N2O/c1-6-15(8-7-14-13(4)5)9-10-16-11-12(2)3/h12-14H,6-11H2,1-5H3. The Labute approximate surface area is 102 Å². The molecule has 0 rings (SSSR count). The number of hydrogen-bond acceptors (Lipinski definition) is 3. The zero-order chi connectivity index (χ0) is 12.4. The first-order chi connectivity index (χ1) is 7.56. The van der Waals surface area contributed by atoms with Gasteiger partial charge in [0.25, 0.3) is 0 Å². The van der Waals surface area contributed by atoms with Crippen LogP contribution in [0.1, 0.15) is 34.6 Å². The van der Waals surface area contributed by atoms with Gasteiger partial charge in [0.2, 0.25) is 0 Å². The van der Waals surface area contributed by atoms with E-state index in [9.17, 15) is 0 Å². The van der Waals surface area contributed by atoms with E-state index in [-0.39, 0.29) is 0 Å². The molecule has 0 radical (unpaired) electrons. The van der Waals surface area contributed by atoms with Gasteiger partial charge < -0.3 is 15.0 Å². The Bertz CT molecular complexity index is 149. The van der Waals surface area contributed by atoms with Crippen LogP contribution in [0.2, 0.25) is 0 Å². The van der Waals surface area contributed by atoms with Crippen molar-refractivity contribution >= 4 is 0 Å². The van der Waals surface area contributed by atoms with Gasteiger partial charge in [0.15, 0.2) is 0 Å². The molecule has 1 N–H and O–H groups in total. The Hall–Kier alpha value is -0.120. The molecule has 0 aliphatic rings. The molecule has 16 heavy (non-hydrogen) atoms. The average molecular weight is 230 g/mol. The van der Waals surface area contributed by atoms with Crippen LogP contribution < -0.4 is 5.32 Å². The summed E-state index contributed by atoms with van der Waals surface area (Å²) >= 11 is 0. The highest BCUT2D eigenvalue weighted by atomic mass is 16.5. The largest absolute Gasteiger partial charge is 0.380 e. The fourth-order valence-corrected chi connectivity index (χ4v) is 1.45. The van der Waals surface area contributed by atoms with Gasteiger partial charge >= 0.3 is 0 Å². The first-order valence-corrected chi connectivity index (χ1v) is 6.59. The first-order valence-electron chi connectivity index (χ1n) is 6.59. The molecule has 0 aromatic carbocycles. The lowest BCUT2D eigenvalue weighted by Gasteiger charge is -2.21. The Morgan fingerprint density at radius 1 is 1.12 bits per heavy atom. The Balaban J connectivity index is 3.44. The molecular weight excluding hydrogens is 200 g/mol. The van der Waals surface area contributed by atoms with Gasteiger partial charge in [-0.3, -0.25) is 0 Å². The summed E-state index contributed by atoms with van der Waals surface area (Å²) in [5.74, 6) is 0.637. The first kappa shape index (κ1) is 15.9. The molecule has 0 aromatic rings. The third-order valence-electron chi connectivity index (χ3n) is 2.43. The topological polar surface area (TPSA) is 24.5 Å². The van der Waals surface area contributed by atoms with Crippen LogP contribution in [0, 0.1) is 5.92 Å². The van der Waals surface area contributed by atoms with Gasteiger partial charge in [-0.1, -0.05) is 34.6 Å². The molecule has 3 nitrogen and oxygen atoms in total.